The SMILES string of the molecule is NNc1ncc(S(=O)(=O)NCc2cnc[nH]2)cn1. The summed E-state index contributed by atoms with van der Waals surface area (Å²) in [5, 5.41) is 0. The van der Waals surface area contributed by atoms with Crippen molar-refractivity contribution in [3.05, 3.63) is 30.6 Å². The molecule has 0 amide bonds. The zero-order chi connectivity index (χ0) is 13.0. The highest BCUT2D eigenvalue weighted by molar-refractivity contribution is 7.89. The number of anilines is 1. The van der Waals surface area contributed by atoms with Gasteiger partial charge in [0.2, 0.25) is 16.0 Å². The van der Waals surface area contributed by atoms with Gasteiger partial charge in [-0.3, -0.25) is 5.43 Å². The number of nitrogens with one attached hydrogen (secondary N) is 3. The van der Waals surface area contributed by atoms with Gasteiger partial charge in [0.15, 0.2) is 0 Å². The Labute approximate surface area is 103 Å². The van der Waals surface area contributed by atoms with E-state index in [-0.39, 0.29) is 17.4 Å². The molecule has 0 bridgehead atoms. The molecule has 9 nitrogen and oxygen atoms in total. The average molecular weight is 269 g/mol. The second-order valence-electron chi connectivity index (χ2n) is 3.29. The van der Waals surface area contributed by atoms with Gasteiger partial charge in [-0.1, -0.05) is 0 Å². The van der Waals surface area contributed by atoms with Crippen molar-refractivity contribution in [1.29, 1.82) is 0 Å². The number of hydrazine groups is 1. The second kappa shape index (κ2) is 5.08. The van der Waals surface area contributed by atoms with E-state index in [4.69, 9.17) is 5.84 Å². The van der Waals surface area contributed by atoms with Crippen molar-refractivity contribution < 1.29 is 8.42 Å². The van der Waals surface area contributed by atoms with Crippen molar-refractivity contribution in [1.82, 2.24) is 24.7 Å². The molecule has 5 N–H and O–H groups in total. The zero-order valence-corrected chi connectivity index (χ0v) is 9.98. The van der Waals surface area contributed by atoms with Crippen molar-refractivity contribution in [3.63, 3.8) is 0 Å². The van der Waals surface area contributed by atoms with Gasteiger partial charge in [0.05, 0.1) is 25.3 Å². The molecular formula is C8H11N7O2S. The molecule has 0 aliphatic heterocycles. The number of rotatable bonds is 5. The maximum absolute atomic E-state index is 11.8. The minimum Gasteiger partial charge on any atom is -0.347 e. The van der Waals surface area contributed by atoms with Gasteiger partial charge in [-0.2, -0.15) is 0 Å². The molecular weight excluding hydrogens is 258 g/mol. The van der Waals surface area contributed by atoms with Crippen LogP contribution < -0.4 is 16.0 Å². The third-order valence-corrected chi connectivity index (χ3v) is 3.43. The van der Waals surface area contributed by atoms with Gasteiger partial charge in [-0.25, -0.2) is 33.9 Å². The Kier molecular flexibility index (Phi) is 3.50. The maximum Gasteiger partial charge on any atom is 0.243 e. The lowest BCUT2D eigenvalue weighted by atomic mass is 10.5. The molecule has 0 radical (unpaired) electrons. The molecule has 0 aliphatic rings. The van der Waals surface area contributed by atoms with Gasteiger partial charge >= 0.3 is 0 Å². The van der Waals surface area contributed by atoms with E-state index in [1.165, 1.54) is 12.5 Å². The molecule has 0 aliphatic carbocycles. The Hall–Kier alpha value is -2.04. The first-order chi connectivity index (χ1) is 8.62. The standard InChI is InChI=1S/C8H11N7O2S/c9-15-8-11-3-7(4-12-8)18(16,17)14-2-6-1-10-5-13-6/h1,3-5,14H,2,9H2,(H,10,13)(H,11,12,15). The lowest BCUT2D eigenvalue weighted by Gasteiger charge is -2.05. The molecule has 0 atom stereocenters. The van der Waals surface area contributed by atoms with E-state index in [1.807, 2.05) is 0 Å². The highest BCUT2D eigenvalue weighted by Gasteiger charge is 2.15. The Morgan fingerprint density at radius 2 is 2.00 bits per heavy atom. The first kappa shape index (κ1) is 12.4. The number of aromatic amines is 1. The van der Waals surface area contributed by atoms with E-state index in [9.17, 15) is 8.42 Å². The van der Waals surface area contributed by atoms with E-state index in [0.717, 1.165) is 12.4 Å². The number of sulfonamides is 1. The normalized spacial score (nSPS) is 11.4. The van der Waals surface area contributed by atoms with Crippen molar-refractivity contribution in [2.24, 2.45) is 5.84 Å². The molecule has 96 valence electrons. The number of hydrogen-bond acceptors (Lipinski definition) is 7. The zero-order valence-electron chi connectivity index (χ0n) is 9.16. The Bertz CT molecular complexity index is 593. The predicted molar refractivity (Wildman–Crippen MR) is 62.5 cm³/mol. The van der Waals surface area contributed by atoms with Crippen LogP contribution in [0.2, 0.25) is 0 Å². The number of H-pyrrole nitrogens is 1. The largest absolute Gasteiger partial charge is 0.347 e. The van der Waals surface area contributed by atoms with Crippen LogP contribution in [0.4, 0.5) is 5.95 Å². The first-order valence-electron chi connectivity index (χ1n) is 4.87. The van der Waals surface area contributed by atoms with Crippen LogP contribution in [-0.2, 0) is 16.6 Å². The molecule has 0 spiro atoms. The summed E-state index contributed by atoms with van der Waals surface area (Å²) < 4.78 is 26.1. The predicted octanol–water partition coefficient (Wildman–Crippen LogP) is -1.04. The molecule has 2 aromatic rings. The van der Waals surface area contributed by atoms with Crippen molar-refractivity contribution in [2.75, 3.05) is 5.43 Å². The number of nitrogen functional groups attached to an aromatic ring is 1. The minimum absolute atomic E-state index is 0.0407. The lowest BCUT2D eigenvalue weighted by molar-refractivity contribution is 0.579. The molecule has 0 fully saturated rings. The van der Waals surface area contributed by atoms with Crippen LogP contribution in [0.25, 0.3) is 0 Å². The van der Waals surface area contributed by atoms with E-state index >= 15 is 0 Å². The van der Waals surface area contributed by atoms with E-state index in [0.29, 0.717) is 5.69 Å². The molecule has 10 heteroatoms. The van der Waals surface area contributed by atoms with Gasteiger partial charge in [-0.05, 0) is 0 Å². The highest BCUT2D eigenvalue weighted by atomic mass is 32.2. The van der Waals surface area contributed by atoms with Gasteiger partial charge in [0, 0.05) is 11.9 Å². The minimum atomic E-state index is -3.65. The van der Waals surface area contributed by atoms with Crippen molar-refractivity contribution >= 4 is 16.0 Å². The molecule has 2 rings (SSSR count). The summed E-state index contributed by atoms with van der Waals surface area (Å²) in [6, 6.07) is 0. The van der Waals surface area contributed by atoms with Gasteiger partial charge in [0.25, 0.3) is 0 Å². The number of hydrogen-bond donors (Lipinski definition) is 4. The van der Waals surface area contributed by atoms with Gasteiger partial charge in [0.1, 0.15) is 4.90 Å². The van der Waals surface area contributed by atoms with Crippen LogP contribution in [-0.4, -0.2) is 28.4 Å². The number of nitrogens with zero attached hydrogens (tertiary/aromatic N) is 3. The summed E-state index contributed by atoms with van der Waals surface area (Å²) >= 11 is 0. The lowest BCUT2D eigenvalue weighted by Crippen LogP contribution is -2.24. The van der Waals surface area contributed by atoms with Gasteiger partial charge < -0.3 is 4.98 Å². The summed E-state index contributed by atoms with van der Waals surface area (Å²) in [5.41, 5.74) is 2.86. The molecule has 0 aromatic carbocycles. The third kappa shape index (κ3) is 2.80. The van der Waals surface area contributed by atoms with Crippen molar-refractivity contribution in [3.8, 4) is 0 Å². The average Bonchev–Trinajstić information content (AvgIpc) is 2.90. The fraction of sp³-hybridized carbons (Fsp3) is 0.125. The number of aromatic nitrogens is 4. The molecule has 0 unspecified atom stereocenters. The smallest absolute Gasteiger partial charge is 0.243 e. The highest BCUT2D eigenvalue weighted by Crippen LogP contribution is 2.07. The Balaban J connectivity index is 2.09. The molecule has 0 saturated carbocycles. The van der Waals surface area contributed by atoms with Crippen molar-refractivity contribution in [2.45, 2.75) is 11.4 Å². The number of nitrogens with two attached hydrogens (primary N) is 1. The maximum atomic E-state index is 11.8. The van der Waals surface area contributed by atoms with Crippen LogP contribution >= 0.6 is 0 Å². The van der Waals surface area contributed by atoms with E-state index < -0.39 is 10.0 Å². The first-order valence-corrected chi connectivity index (χ1v) is 6.36. The summed E-state index contributed by atoms with van der Waals surface area (Å²) in [4.78, 5) is 14.0. The van der Waals surface area contributed by atoms with Crippen LogP contribution in [0, 0.1) is 0 Å². The summed E-state index contributed by atoms with van der Waals surface area (Å²) in [6.45, 7) is 0.110. The summed E-state index contributed by atoms with van der Waals surface area (Å²) in [5.74, 6) is 5.22. The monoisotopic (exact) mass is 269 g/mol. The summed E-state index contributed by atoms with van der Waals surface area (Å²) in [7, 11) is -3.65. The fourth-order valence-electron chi connectivity index (χ4n) is 1.17. The Morgan fingerprint density at radius 3 is 2.56 bits per heavy atom. The molecule has 18 heavy (non-hydrogen) atoms. The fourth-order valence-corrected chi connectivity index (χ4v) is 2.06. The van der Waals surface area contributed by atoms with Gasteiger partial charge in [-0.15, -0.1) is 0 Å². The van der Waals surface area contributed by atoms with Crippen LogP contribution in [0.15, 0.2) is 29.8 Å². The van der Waals surface area contributed by atoms with Crippen LogP contribution in [0.1, 0.15) is 5.69 Å². The molecule has 0 saturated heterocycles. The quantitative estimate of drug-likeness (QED) is 0.402. The third-order valence-electron chi connectivity index (χ3n) is 2.08. The van der Waals surface area contributed by atoms with Crippen LogP contribution in [0.5, 0.6) is 0 Å². The second-order valence-corrected chi connectivity index (χ2v) is 5.06. The van der Waals surface area contributed by atoms with Crippen LogP contribution in [0.3, 0.4) is 0 Å². The number of imidazole rings is 1. The summed E-state index contributed by atoms with van der Waals surface area (Å²) in [6.07, 6.45) is 5.32. The topological polar surface area (TPSA) is 139 Å². The molecule has 2 heterocycles. The Morgan fingerprint density at radius 1 is 1.28 bits per heavy atom. The van der Waals surface area contributed by atoms with E-state index in [1.54, 1.807) is 0 Å². The van der Waals surface area contributed by atoms with E-state index in [2.05, 4.69) is 30.1 Å². The molecule has 2 aromatic heterocycles.